The van der Waals surface area contributed by atoms with E-state index in [4.69, 9.17) is 0 Å². The molecule has 0 radical (unpaired) electrons. The minimum atomic E-state index is 0.0696. The Kier molecular flexibility index (Phi) is 7.14. The Morgan fingerprint density at radius 2 is 0.538 bits per heavy atom. The summed E-state index contributed by atoms with van der Waals surface area (Å²) in [5.74, 6) is 0. The topological polar surface area (TPSA) is 6.48 Å². The minimum absolute atomic E-state index is 0.0696. The molecule has 7 heteroatoms. The van der Waals surface area contributed by atoms with E-state index in [1.807, 2.05) is 0 Å². The van der Waals surface area contributed by atoms with Gasteiger partial charge in [0, 0.05) is 34.1 Å². The van der Waals surface area contributed by atoms with Crippen LogP contribution in [0.4, 0.5) is 34.1 Å². The Morgan fingerprint density at radius 3 is 0.938 bits per heavy atom. The van der Waals surface area contributed by atoms with Crippen LogP contribution in [0.3, 0.4) is 0 Å². The Morgan fingerprint density at radius 1 is 0.246 bits per heavy atom. The van der Waals surface area contributed by atoms with Crippen LogP contribution in [0, 0.1) is 27.7 Å². The number of rotatable bonds is 2. The Hall–Kier alpha value is -7.10. The van der Waals surface area contributed by atoms with Crippen molar-refractivity contribution < 1.29 is 0 Å². The molecule has 0 saturated heterocycles. The summed E-state index contributed by atoms with van der Waals surface area (Å²) in [5.41, 5.74) is 34.8. The summed E-state index contributed by atoms with van der Waals surface area (Å²) in [5, 5.41) is 0. The molecule has 0 fully saturated rings. The first kappa shape index (κ1) is 36.3. The molecule has 0 saturated carbocycles. The summed E-state index contributed by atoms with van der Waals surface area (Å²) in [4.78, 5) is 5.40. The molecule has 298 valence electrons. The Balaban J connectivity index is 1.10. The van der Waals surface area contributed by atoms with E-state index >= 15 is 0 Å². The van der Waals surface area contributed by atoms with Crippen molar-refractivity contribution in [1.82, 2.24) is 0 Å². The van der Waals surface area contributed by atoms with Crippen LogP contribution in [-0.2, 0) is 0 Å². The van der Waals surface area contributed by atoms with Crippen molar-refractivity contribution in [3.05, 3.63) is 198 Å². The maximum atomic E-state index is 2.72. The first-order chi connectivity index (χ1) is 32.0. The SMILES string of the molecule is Cc1cccc(C)c1B1c2ccccc2B2c3cc4c5c6c3N(c3ccccc3B6c3ccccc3N5c3cccc5c3B4c3ccccc3B5c3c(C)cccc3C)c3cccc1c32. The van der Waals surface area contributed by atoms with Gasteiger partial charge in [-0.2, -0.15) is 0 Å². The predicted octanol–water partition coefficient (Wildman–Crippen LogP) is 2.32. The maximum absolute atomic E-state index is 2.72. The standard InChI is InChI=1S/C58H41B5N2/c1-34-17-13-18-35(2)52(34)59-38-21-5-7-23-40(38)61-46-33-47-58-56-57(46)64(50-31-15-27-44(59)54(50)61)48-29-11-9-25-42(48)63(56)43-26-10-12-30-49(43)65(58)51-32-16-28-45-55(51)62(47)41-24-8-6-22-39(41)60(45)53-36(3)19-14-20-37(53)4/h5-33H,1-4H3. The van der Waals surface area contributed by atoms with Crippen molar-refractivity contribution in [2.24, 2.45) is 0 Å². The normalized spacial score (nSPS) is 14.6. The molecule has 0 aromatic heterocycles. The molecule has 9 aromatic carbocycles. The predicted molar refractivity (Wildman–Crippen MR) is 284 cm³/mol. The van der Waals surface area contributed by atoms with E-state index in [1.165, 1.54) is 138 Å². The lowest BCUT2D eigenvalue weighted by atomic mass is 9.17. The minimum Gasteiger partial charge on any atom is -0.312 e. The summed E-state index contributed by atoms with van der Waals surface area (Å²) in [7, 11) is 0. The van der Waals surface area contributed by atoms with Gasteiger partial charge < -0.3 is 9.80 Å². The molecule has 0 unspecified atom stereocenters. The van der Waals surface area contributed by atoms with Gasteiger partial charge in [0.2, 0.25) is 26.9 Å². The lowest BCUT2D eigenvalue weighted by Gasteiger charge is -2.52. The van der Waals surface area contributed by atoms with Crippen LogP contribution >= 0.6 is 0 Å². The van der Waals surface area contributed by atoms with Crippen molar-refractivity contribution >= 4 is 150 Å². The van der Waals surface area contributed by atoms with Gasteiger partial charge in [-0.05, 0) is 90.2 Å². The molecule has 0 spiro atoms. The number of hydrogen-bond donors (Lipinski definition) is 0. The molecule has 6 aliphatic heterocycles. The van der Waals surface area contributed by atoms with Crippen LogP contribution in [0.5, 0.6) is 0 Å². The molecular weight excluding hydrogens is 779 g/mol. The summed E-state index contributed by atoms with van der Waals surface area (Å²) in [6.07, 6.45) is 0. The molecule has 2 nitrogen and oxygen atoms in total. The van der Waals surface area contributed by atoms with E-state index in [0.717, 1.165) is 0 Å². The summed E-state index contributed by atoms with van der Waals surface area (Å²) < 4.78 is 0. The van der Waals surface area contributed by atoms with Crippen LogP contribution in [0.15, 0.2) is 176 Å². The first-order valence-corrected chi connectivity index (χ1v) is 23.5. The van der Waals surface area contributed by atoms with Gasteiger partial charge in [0.15, 0.2) is 0 Å². The zero-order valence-corrected chi connectivity index (χ0v) is 37.0. The summed E-state index contributed by atoms with van der Waals surface area (Å²) >= 11 is 0. The molecule has 0 N–H and O–H groups in total. The third-order valence-corrected chi connectivity index (χ3v) is 16.5. The van der Waals surface area contributed by atoms with Gasteiger partial charge in [0.05, 0.1) is 0 Å². The fourth-order valence-corrected chi connectivity index (χ4v) is 14.2. The molecule has 65 heavy (non-hydrogen) atoms. The van der Waals surface area contributed by atoms with E-state index in [1.54, 1.807) is 0 Å². The fourth-order valence-electron chi connectivity index (χ4n) is 14.2. The second-order valence-electron chi connectivity index (χ2n) is 19.5. The smallest absolute Gasteiger partial charge is 0.252 e. The second-order valence-corrected chi connectivity index (χ2v) is 19.5. The van der Waals surface area contributed by atoms with E-state index in [0.29, 0.717) is 0 Å². The highest BCUT2D eigenvalue weighted by Crippen LogP contribution is 2.45. The Labute approximate surface area is 383 Å². The van der Waals surface area contributed by atoms with Crippen molar-refractivity contribution in [2.45, 2.75) is 27.7 Å². The lowest BCUT2D eigenvalue weighted by Crippen LogP contribution is -2.80. The van der Waals surface area contributed by atoms with E-state index in [9.17, 15) is 0 Å². The molecule has 6 aliphatic rings. The second kappa shape index (κ2) is 12.8. The van der Waals surface area contributed by atoms with Crippen LogP contribution in [0.25, 0.3) is 0 Å². The van der Waals surface area contributed by atoms with E-state index < -0.39 is 0 Å². The number of fused-ring (bicyclic) bond motifs is 14. The number of benzene rings is 9. The molecule has 6 heterocycles. The maximum Gasteiger partial charge on any atom is 0.252 e. The highest BCUT2D eigenvalue weighted by atomic mass is 15.2. The van der Waals surface area contributed by atoms with Crippen molar-refractivity contribution in [3.8, 4) is 0 Å². The molecule has 0 atom stereocenters. The average molecular weight is 820 g/mol. The number of hydrogen-bond acceptors (Lipinski definition) is 2. The van der Waals surface area contributed by atoms with Crippen LogP contribution in [0.2, 0.25) is 0 Å². The zero-order valence-electron chi connectivity index (χ0n) is 37.0. The van der Waals surface area contributed by atoms with E-state index in [-0.39, 0.29) is 33.6 Å². The highest BCUT2D eigenvalue weighted by molar-refractivity contribution is 7.16. The van der Waals surface area contributed by atoms with Crippen molar-refractivity contribution in [3.63, 3.8) is 0 Å². The largest absolute Gasteiger partial charge is 0.312 e. The van der Waals surface area contributed by atoms with Crippen LogP contribution in [-0.4, -0.2) is 33.6 Å². The number of para-hydroxylation sites is 2. The van der Waals surface area contributed by atoms with Gasteiger partial charge in [-0.1, -0.05) is 218 Å². The molecule has 0 bridgehead atoms. The average Bonchev–Trinajstić information content (AvgIpc) is 3.33. The molecule has 0 aliphatic carbocycles. The van der Waals surface area contributed by atoms with Gasteiger partial charge in [-0.3, -0.25) is 0 Å². The Bertz CT molecular complexity index is 3360. The van der Waals surface area contributed by atoms with Gasteiger partial charge in [0.1, 0.15) is 0 Å². The molecular formula is C58H41B5N2. The summed E-state index contributed by atoms with van der Waals surface area (Å²) in [6.45, 7) is 9.71. The molecule has 15 rings (SSSR count). The lowest BCUT2D eigenvalue weighted by molar-refractivity contribution is 1.27. The highest BCUT2D eigenvalue weighted by Gasteiger charge is 2.55. The molecule has 9 aromatic rings. The van der Waals surface area contributed by atoms with Crippen LogP contribution in [0.1, 0.15) is 22.3 Å². The number of nitrogens with zero attached hydrogens (tertiary/aromatic N) is 2. The van der Waals surface area contributed by atoms with Crippen molar-refractivity contribution in [2.75, 3.05) is 9.80 Å². The zero-order chi connectivity index (χ0) is 43.0. The van der Waals surface area contributed by atoms with Crippen LogP contribution < -0.4 is 91.7 Å². The van der Waals surface area contributed by atoms with Gasteiger partial charge >= 0.3 is 0 Å². The van der Waals surface area contributed by atoms with Gasteiger partial charge in [0.25, 0.3) is 6.71 Å². The number of aryl methyl sites for hydroxylation is 4. The van der Waals surface area contributed by atoms with E-state index in [2.05, 4.69) is 213 Å². The fraction of sp³-hybridized carbons (Fsp3) is 0.0690. The van der Waals surface area contributed by atoms with Gasteiger partial charge in [-0.25, -0.2) is 0 Å². The van der Waals surface area contributed by atoms with Crippen molar-refractivity contribution in [1.29, 1.82) is 0 Å². The third-order valence-electron chi connectivity index (χ3n) is 16.5. The molecule has 0 amide bonds. The monoisotopic (exact) mass is 820 g/mol. The quantitative estimate of drug-likeness (QED) is 0.248. The van der Waals surface area contributed by atoms with Gasteiger partial charge in [-0.15, -0.1) is 0 Å². The first-order valence-electron chi connectivity index (χ1n) is 23.5. The summed E-state index contributed by atoms with van der Waals surface area (Å²) in [6, 6.07) is 68.4. The third kappa shape index (κ3) is 4.42. The number of anilines is 6.